The van der Waals surface area contributed by atoms with Gasteiger partial charge in [0.1, 0.15) is 34.5 Å². The first kappa shape index (κ1) is 32.6. The summed E-state index contributed by atoms with van der Waals surface area (Å²) in [6.07, 6.45) is -9.66. The van der Waals surface area contributed by atoms with Crippen LogP contribution in [0.1, 0.15) is 34.7 Å². The van der Waals surface area contributed by atoms with Crippen LogP contribution in [0.3, 0.4) is 0 Å². The van der Waals surface area contributed by atoms with Gasteiger partial charge in [-0.15, -0.1) is 13.2 Å². The van der Waals surface area contributed by atoms with Crippen LogP contribution in [0.5, 0.6) is 17.2 Å². The first-order valence-electron chi connectivity index (χ1n) is 12.5. The normalized spacial score (nSPS) is 11.2. The minimum Gasteiger partial charge on any atom is -0.494 e. The SMILES string of the molecule is CCOc1ccc(C#Cc2ccc(C(F)(F)Oc3ccc(C#Cc4cc(F)c(OC(F)(F)F)c(F)c4)c(F)c3)c(F)c2)c(F)c1. The van der Waals surface area contributed by atoms with E-state index in [2.05, 4.69) is 33.2 Å². The highest BCUT2D eigenvalue weighted by atomic mass is 19.4. The Morgan fingerprint density at radius 1 is 0.556 bits per heavy atom. The van der Waals surface area contributed by atoms with Crippen LogP contribution >= 0.6 is 0 Å². The van der Waals surface area contributed by atoms with E-state index in [1.54, 1.807) is 6.92 Å². The molecule has 0 aliphatic rings. The number of hydrogen-bond donors (Lipinski definition) is 0. The second-order valence-corrected chi connectivity index (χ2v) is 8.85. The number of rotatable bonds is 6. The Hall–Kier alpha value is -5.30. The lowest BCUT2D eigenvalue weighted by atomic mass is 10.1. The molecule has 0 fully saturated rings. The molecule has 4 rings (SSSR count). The Kier molecular flexibility index (Phi) is 9.52. The summed E-state index contributed by atoms with van der Waals surface area (Å²) in [6.45, 7) is 2.04. The number of benzene rings is 4. The van der Waals surface area contributed by atoms with Gasteiger partial charge in [0.15, 0.2) is 11.6 Å². The van der Waals surface area contributed by atoms with Crippen LogP contribution in [0, 0.1) is 52.8 Å². The van der Waals surface area contributed by atoms with E-state index >= 15 is 0 Å². The maximum Gasteiger partial charge on any atom is 0.573 e. The molecule has 0 saturated carbocycles. The highest BCUT2D eigenvalue weighted by molar-refractivity contribution is 5.48. The molecule has 0 radical (unpaired) electrons. The van der Waals surface area contributed by atoms with Crippen molar-refractivity contribution in [2.24, 2.45) is 0 Å². The molecule has 4 aromatic rings. The zero-order chi connectivity index (χ0) is 32.9. The maximum absolute atomic E-state index is 14.8. The van der Waals surface area contributed by atoms with Crippen LogP contribution in [-0.2, 0) is 6.11 Å². The summed E-state index contributed by atoms with van der Waals surface area (Å²) in [6, 6.07) is 9.37. The molecular formula is C32H16F10O3. The molecule has 0 aliphatic heterocycles. The Balaban J connectivity index is 1.48. The van der Waals surface area contributed by atoms with Gasteiger partial charge in [-0.2, -0.15) is 8.78 Å². The lowest BCUT2D eigenvalue weighted by molar-refractivity contribution is -0.276. The average Bonchev–Trinajstić information content (AvgIpc) is 2.93. The fraction of sp³-hybridized carbons (Fsp3) is 0.125. The van der Waals surface area contributed by atoms with Gasteiger partial charge in [0.05, 0.1) is 17.7 Å². The third-order valence-electron chi connectivity index (χ3n) is 5.62. The number of hydrogen-bond acceptors (Lipinski definition) is 3. The molecule has 13 heteroatoms. The summed E-state index contributed by atoms with van der Waals surface area (Å²) >= 11 is 0. The zero-order valence-electron chi connectivity index (χ0n) is 22.6. The first-order chi connectivity index (χ1) is 21.1. The molecule has 0 unspecified atom stereocenters. The monoisotopic (exact) mass is 638 g/mol. The van der Waals surface area contributed by atoms with Crippen molar-refractivity contribution in [3.63, 3.8) is 0 Å². The number of ether oxygens (including phenoxy) is 3. The van der Waals surface area contributed by atoms with E-state index in [0.717, 1.165) is 24.3 Å². The minimum atomic E-state index is -5.36. The quantitative estimate of drug-likeness (QED) is 0.156. The molecular weight excluding hydrogens is 622 g/mol. The maximum atomic E-state index is 14.8. The van der Waals surface area contributed by atoms with Gasteiger partial charge in [0, 0.05) is 23.3 Å². The van der Waals surface area contributed by atoms with Crippen molar-refractivity contribution in [2.45, 2.75) is 19.4 Å². The van der Waals surface area contributed by atoms with E-state index in [1.165, 1.54) is 12.1 Å². The van der Waals surface area contributed by atoms with Crippen molar-refractivity contribution >= 4 is 0 Å². The van der Waals surface area contributed by atoms with Gasteiger partial charge < -0.3 is 14.2 Å². The molecule has 0 amide bonds. The molecule has 0 atom stereocenters. The highest BCUT2D eigenvalue weighted by Gasteiger charge is 2.38. The third kappa shape index (κ3) is 8.42. The molecule has 0 heterocycles. The lowest BCUT2D eigenvalue weighted by Crippen LogP contribution is -2.23. The predicted octanol–water partition coefficient (Wildman–Crippen LogP) is 8.61. The Labute approximate surface area is 249 Å². The van der Waals surface area contributed by atoms with Gasteiger partial charge in [-0.1, -0.05) is 23.7 Å². The third-order valence-corrected chi connectivity index (χ3v) is 5.62. The van der Waals surface area contributed by atoms with Gasteiger partial charge in [-0.05, 0) is 61.5 Å². The van der Waals surface area contributed by atoms with Crippen LogP contribution in [0.25, 0.3) is 0 Å². The van der Waals surface area contributed by atoms with Crippen molar-refractivity contribution in [3.05, 3.63) is 124 Å². The van der Waals surface area contributed by atoms with Crippen molar-refractivity contribution in [3.8, 4) is 40.9 Å². The number of alkyl halides is 5. The van der Waals surface area contributed by atoms with Crippen molar-refractivity contribution in [1.82, 2.24) is 0 Å². The molecule has 0 spiro atoms. The Bertz CT molecular complexity index is 1840. The Morgan fingerprint density at radius 2 is 1.09 bits per heavy atom. The van der Waals surface area contributed by atoms with E-state index in [1.807, 2.05) is 0 Å². The number of halogens is 10. The fourth-order valence-electron chi connectivity index (χ4n) is 3.67. The van der Waals surface area contributed by atoms with E-state index in [9.17, 15) is 43.9 Å². The fourth-order valence-corrected chi connectivity index (χ4v) is 3.67. The molecule has 3 nitrogen and oxygen atoms in total. The topological polar surface area (TPSA) is 27.7 Å². The van der Waals surface area contributed by atoms with E-state index in [0.29, 0.717) is 36.9 Å². The summed E-state index contributed by atoms with van der Waals surface area (Å²) in [4.78, 5) is 0. The second-order valence-electron chi connectivity index (χ2n) is 8.85. The molecule has 0 aliphatic carbocycles. The molecule has 232 valence electrons. The van der Waals surface area contributed by atoms with Gasteiger partial charge in [0.2, 0.25) is 5.75 Å². The van der Waals surface area contributed by atoms with Crippen LogP contribution < -0.4 is 14.2 Å². The van der Waals surface area contributed by atoms with Gasteiger partial charge in [0.25, 0.3) is 0 Å². The highest BCUT2D eigenvalue weighted by Crippen LogP contribution is 2.34. The minimum absolute atomic E-state index is 0.0421. The largest absolute Gasteiger partial charge is 0.573 e. The molecule has 0 N–H and O–H groups in total. The first-order valence-corrected chi connectivity index (χ1v) is 12.5. The summed E-state index contributed by atoms with van der Waals surface area (Å²) in [5.41, 5.74) is -2.26. The summed E-state index contributed by atoms with van der Waals surface area (Å²) in [7, 11) is 0. The lowest BCUT2D eigenvalue weighted by Gasteiger charge is -2.19. The van der Waals surface area contributed by atoms with Crippen LogP contribution in [0.2, 0.25) is 0 Å². The van der Waals surface area contributed by atoms with Crippen LogP contribution in [0.15, 0.2) is 66.7 Å². The van der Waals surface area contributed by atoms with Gasteiger partial charge in [-0.25, -0.2) is 22.0 Å². The van der Waals surface area contributed by atoms with Crippen molar-refractivity contribution in [1.29, 1.82) is 0 Å². The Morgan fingerprint density at radius 3 is 1.62 bits per heavy atom. The van der Waals surface area contributed by atoms with Crippen molar-refractivity contribution in [2.75, 3.05) is 6.61 Å². The zero-order valence-corrected chi connectivity index (χ0v) is 22.6. The van der Waals surface area contributed by atoms with E-state index < -0.39 is 69.7 Å². The average molecular weight is 638 g/mol. The smallest absolute Gasteiger partial charge is 0.494 e. The van der Waals surface area contributed by atoms with Crippen LogP contribution in [-0.4, -0.2) is 13.0 Å². The molecule has 0 aromatic heterocycles. The van der Waals surface area contributed by atoms with Crippen LogP contribution in [0.4, 0.5) is 43.9 Å². The molecule has 4 aromatic carbocycles. The molecule has 45 heavy (non-hydrogen) atoms. The summed E-state index contributed by atoms with van der Waals surface area (Å²) < 4.78 is 150. The van der Waals surface area contributed by atoms with E-state index in [-0.39, 0.29) is 16.9 Å². The van der Waals surface area contributed by atoms with E-state index in [4.69, 9.17) is 4.74 Å². The summed E-state index contributed by atoms with van der Waals surface area (Å²) in [5.74, 6) is 0.247. The van der Waals surface area contributed by atoms with Gasteiger partial charge in [-0.3, -0.25) is 0 Å². The molecule has 0 bridgehead atoms. The predicted molar refractivity (Wildman–Crippen MR) is 140 cm³/mol. The summed E-state index contributed by atoms with van der Waals surface area (Å²) in [5, 5.41) is 0. The molecule has 0 saturated heterocycles. The standard InChI is InChI=1S/C32H16F10O3/c1-2-43-22-10-8-20(25(33)16-22)6-3-18-5-12-24(27(35)13-18)31(38,39)44-23-11-9-21(26(34)17-23)7-4-19-14-28(36)30(29(37)15-19)45-32(40,41)42/h5,8-17H,2H2,1H3. The second kappa shape index (κ2) is 13.1. The van der Waals surface area contributed by atoms with Gasteiger partial charge >= 0.3 is 12.5 Å². The van der Waals surface area contributed by atoms with Crippen molar-refractivity contribution < 1.29 is 58.1 Å².